The predicted molar refractivity (Wildman–Crippen MR) is 60.6 cm³/mol. The van der Waals surface area contributed by atoms with Crippen LogP contribution in [-0.4, -0.2) is 37.0 Å². The van der Waals surface area contributed by atoms with E-state index in [4.69, 9.17) is 0 Å². The minimum atomic E-state index is 0.259. The second-order valence-corrected chi connectivity index (χ2v) is 4.89. The van der Waals surface area contributed by atoms with E-state index in [1.165, 1.54) is 12.8 Å². The monoisotopic (exact) mass is 210 g/mol. The zero-order chi connectivity index (χ0) is 10.7. The van der Waals surface area contributed by atoms with Gasteiger partial charge in [0, 0.05) is 19.6 Å². The summed E-state index contributed by atoms with van der Waals surface area (Å²) >= 11 is 0. The van der Waals surface area contributed by atoms with E-state index in [2.05, 4.69) is 17.1 Å². The third-order valence-electron chi connectivity index (χ3n) is 3.82. The lowest BCUT2D eigenvalue weighted by Gasteiger charge is -2.26. The minimum absolute atomic E-state index is 0.259. The molecule has 3 heteroatoms. The Morgan fingerprint density at radius 2 is 2.33 bits per heavy atom. The lowest BCUT2D eigenvalue weighted by atomic mass is 9.98. The van der Waals surface area contributed by atoms with Crippen LogP contribution in [-0.2, 0) is 4.79 Å². The molecule has 0 aromatic rings. The molecule has 2 fully saturated rings. The second-order valence-electron chi connectivity index (χ2n) is 4.89. The van der Waals surface area contributed by atoms with Crippen molar-refractivity contribution in [3.8, 4) is 0 Å². The molecule has 1 N–H and O–H groups in total. The molecule has 2 aliphatic rings. The van der Waals surface area contributed by atoms with Crippen molar-refractivity contribution < 1.29 is 4.79 Å². The quantitative estimate of drug-likeness (QED) is 0.744. The van der Waals surface area contributed by atoms with Gasteiger partial charge in [0.05, 0.1) is 5.92 Å². The molecule has 0 aliphatic carbocycles. The van der Waals surface area contributed by atoms with Crippen LogP contribution in [0.15, 0.2) is 0 Å². The first-order valence-corrected chi connectivity index (χ1v) is 6.30. The Balaban J connectivity index is 1.85. The number of nitrogens with one attached hydrogen (secondary N) is 1. The smallest absolute Gasteiger partial charge is 0.226 e. The highest BCUT2D eigenvalue weighted by atomic mass is 16.2. The molecule has 15 heavy (non-hydrogen) atoms. The van der Waals surface area contributed by atoms with Crippen LogP contribution in [0.4, 0.5) is 0 Å². The molecule has 0 aromatic heterocycles. The summed E-state index contributed by atoms with van der Waals surface area (Å²) < 4.78 is 0. The summed E-state index contributed by atoms with van der Waals surface area (Å²) in [5, 5.41) is 3.32. The Kier molecular flexibility index (Phi) is 3.62. The highest BCUT2D eigenvalue weighted by molar-refractivity contribution is 5.79. The molecule has 0 saturated carbocycles. The summed E-state index contributed by atoms with van der Waals surface area (Å²) in [6.45, 7) is 6.20. The number of hydrogen-bond donors (Lipinski definition) is 1. The molecule has 2 heterocycles. The van der Waals surface area contributed by atoms with E-state index in [1.54, 1.807) is 0 Å². The number of hydrogen-bond acceptors (Lipinski definition) is 2. The molecule has 2 aliphatic heterocycles. The van der Waals surface area contributed by atoms with E-state index < -0.39 is 0 Å². The van der Waals surface area contributed by atoms with Crippen molar-refractivity contribution in [3.63, 3.8) is 0 Å². The molecular formula is C12H22N2O. The first kappa shape index (κ1) is 10.9. The fourth-order valence-electron chi connectivity index (χ4n) is 2.69. The molecule has 0 bridgehead atoms. The average Bonchev–Trinajstić information content (AvgIpc) is 2.78. The van der Waals surface area contributed by atoms with Gasteiger partial charge in [-0.2, -0.15) is 0 Å². The molecule has 2 atom stereocenters. The van der Waals surface area contributed by atoms with Crippen LogP contribution in [0.1, 0.15) is 32.6 Å². The number of likely N-dealkylation sites (tertiary alicyclic amines) is 1. The number of nitrogens with zero attached hydrogens (tertiary/aromatic N) is 1. The highest BCUT2D eigenvalue weighted by Crippen LogP contribution is 2.22. The van der Waals surface area contributed by atoms with Gasteiger partial charge in [-0.3, -0.25) is 4.79 Å². The van der Waals surface area contributed by atoms with E-state index in [-0.39, 0.29) is 5.92 Å². The lowest BCUT2D eigenvalue weighted by molar-refractivity contribution is -0.135. The number of carbonyl (C=O) groups excluding carboxylic acids is 1. The standard InChI is InChI=1S/C12H22N2O/c1-2-10-5-7-14(9-10)12(15)11-4-3-6-13-8-11/h10-11,13H,2-9H2,1H3/t10?,11-/m0/s1. The van der Waals surface area contributed by atoms with Gasteiger partial charge in [-0.25, -0.2) is 0 Å². The fraction of sp³-hybridized carbons (Fsp3) is 0.917. The Labute approximate surface area is 92.2 Å². The number of piperidine rings is 1. The van der Waals surface area contributed by atoms with Crippen LogP contribution >= 0.6 is 0 Å². The summed E-state index contributed by atoms with van der Waals surface area (Å²) in [5.41, 5.74) is 0. The maximum absolute atomic E-state index is 12.1. The summed E-state index contributed by atoms with van der Waals surface area (Å²) in [5.74, 6) is 1.41. The molecule has 86 valence electrons. The van der Waals surface area contributed by atoms with Gasteiger partial charge in [0.2, 0.25) is 5.91 Å². The average molecular weight is 210 g/mol. The predicted octanol–water partition coefficient (Wildman–Crippen LogP) is 1.24. The highest BCUT2D eigenvalue weighted by Gasteiger charge is 2.30. The maximum Gasteiger partial charge on any atom is 0.226 e. The van der Waals surface area contributed by atoms with Crippen LogP contribution in [0, 0.1) is 11.8 Å². The van der Waals surface area contributed by atoms with E-state index in [0.717, 1.165) is 44.9 Å². The fourth-order valence-corrected chi connectivity index (χ4v) is 2.69. The molecule has 0 spiro atoms. The van der Waals surface area contributed by atoms with Crippen LogP contribution < -0.4 is 5.32 Å². The summed E-state index contributed by atoms with van der Waals surface area (Å²) in [4.78, 5) is 14.2. The molecule has 0 radical (unpaired) electrons. The van der Waals surface area contributed by atoms with E-state index >= 15 is 0 Å². The van der Waals surface area contributed by atoms with Crippen molar-refractivity contribution in [1.82, 2.24) is 10.2 Å². The Morgan fingerprint density at radius 3 is 2.93 bits per heavy atom. The van der Waals surface area contributed by atoms with Crippen LogP contribution in [0.2, 0.25) is 0 Å². The minimum Gasteiger partial charge on any atom is -0.342 e. The van der Waals surface area contributed by atoms with E-state index in [0.29, 0.717) is 5.91 Å². The van der Waals surface area contributed by atoms with Crippen molar-refractivity contribution in [2.75, 3.05) is 26.2 Å². The van der Waals surface area contributed by atoms with Gasteiger partial charge in [-0.15, -0.1) is 0 Å². The summed E-state index contributed by atoms with van der Waals surface area (Å²) in [7, 11) is 0. The van der Waals surface area contributed by atoms with Crippen LogP contribution in [0.3, 0.4) is 0 Å². The van der Waals surface area contributed by atoms with Gasteiger partial charge in [0.15, 0.2) is 0 Å². The third kappa shape index (κ3) is 2.51. The molecular weight excluding hydrogens is 188 g/mol. The first-order chi connectivity index (χ1) is 7.31. The number of carbonyl (C=O) groups is 1. The molecule has 2 rings (SSSR count). The van der Waals surface area contributed by atoms with Gasteiger partial charge in [-0.1, -0.05) is 13.3 Å². The molecule has 1 unspecified atom stereocenters. The SMILES string of the molecule is CCC1CCN(C(=O)[C@H]2CCCNC2)C1. The summed E-state index contributed by atoms with van der Waals surface area (Å²) in [6, 6.07) is 0. The van der Waals surface area contributed by atoms with Crippen molar-refractivity contribution in [2.45, 2.75) is 32.6 Å². The summed E-state index contributed by atoms with van der Waals surface area (Å²) in [6.07, 6.45) is 4.66. The Morgan fingerprint density at radius 1 is 1.47 bits per heavy atom. The number of amides is 1. The molecule has 0 aromatic carbocycles. The molecule has 1 amide bonds. The zero-order valence-electron chi connectivity index (χ0n) is 9.67. The first-order valence-electron chi connectivity index (χ1n) is 6.30. The van der Waals surface area contributed by atoms with Crippen molar-refractivity contribution in [2.24, 2.45) is 11.8 Å². The zero-order valence-corrected chi connectivity index (χ0v) is 9.67. The molecule has 3 nitrogen and oxygen atoms in total. The maximum atomic E-state index is 12.1. The largest absolute Gasteiger partial charge is 0.342 e. The van der Waals surface area contributed by atoms with Gasteiger partial charge >= 0.3 is 0 Å². The van der Waals surface area contributed by atoms with Gasteiger partial charge in [-0.05, 0) is 31.7 Å². The Bertz CT molecular complexity index is 224. The van der Waals surface area contributed by atoms with Crippen LogP contribution in [0.25, 0.3) is 0 Å². The van der Waals surface area contributed by atoms with E-state index in [1.807, 2.05) is 0 Å². The van der Waals surface area contributed by atoms with Gasteiger partial charge in [0.1, 0.15) is 0 Å². The topological polar surface area (TPSA) is 32.3 Å². The van der Waals surface area contributed by atoms with Crippen molar-refractivity contribution in [3.05, 3.63) is 0 Å². The van der Waals surface area contributed by atoms with Crippen molar-refractivity contribution >= 4 is 5.91 Å². The third-order valence-corrected chi connectivity index (χ3v) is 3.82. The normalized spacial score (nSPS) is 31.9. The van der Waals surface area contributed by atoms with Gasteiger partial charge in [0.25, 0.3) is 0 Å². The molecule has 2 saturated heterocycles. The van der Waals surface area contributed by atoms with Gasteiger partial charge < -0.3 is 10.2 Å². The lowest BCUT2D eigenvalue weighted by Crippen LogP contribution is -2.42. The van der Waals surface area contributed by atoms with E-state index in [9.17, 15) is 4.79 Å². The number of rotatable bonds is 2. The van der Waals surface area contributed by atoms with Crippen LogP contribution in [0.5, 0.6) is 0 Å². The second kappa shape index (κ2) is 4.97. The Hall–Kier alpha value is -0.570. The van der Waals surface area contributed by atoms with Crippen molar-refractivity contribution in [1.29, 1.82) is 0 Å².